The lowest BCUT2D eigenvalue weighted by Crippen LogP contribution is -2.40. The van der Waals surface area contributed by atoms with E-state index < -0.39 is 0 Å². The number of piperidine rings is 1. The number of hydrogen-bond donors (Lipinski definition) is 0. The Balaban J connectivity index is 1.41. The predicted octanol–water partition coefficient (Wildman–Crippen LogP) is 2.64. The molecule has 2 heterocycles. The van der Waals surface area contributed by atoms with Gasteiger partial charge in [-0.1, -0.05) is 12.1 Å². The van der Waals surface area contributed by atoms with Crippen molar-refractivity contribution in [3.63, 3.8) is 0 Å². The monoisotopic (exact) mass is 356 g/mol. The van der Waals surface area contributed by atoms with E-state index >= 15 is 0 Å². The second kappa shape index (κ2) is 8.85. The topological polar surface area (TPSA) is 49.3 Å². The first-order valence-electron chi connectivity index (χ1n) is 9.11. The Morgan fingerprint density at radius 2 is 2.08 bits per heavy atom. The quantitative estimate of drug-likeness (QED) is 0.798. The summed E-state index contributed by atoms with van der Waals surface area (Å²) in [7, 11) is 1.85. The smallest absolute Gasteiger partial charge is 0.255 e. The fourth-order valence-electron chi connectivity index (χ4n) is 3.48. The molecule has 6 heteroatoms. The van der Waals surface area contributed by atoms with Gasteiger partial charge >= 0.3 is 0 Å². The maximum Gasteiger partial charge on any atom is 0.255 e. The minimum Gasteiger partial charge on any atom is -0.341 e. The van der Waals surface area contributed by atoms with Crippen LogP contribution in [-0.2, 0) is 6.42 Å². The Morgan fingerprint density at radius 1 is 1.27 bits per heavy atom. The van der Waals surface area contributed by atoms with Gasteiger partial charge in [0.25, 0.3) is 5.91 Å². The van der Waals surface area contributed by atoms with Crippen LogP contribution < -0.4 is 0 Å². The van der Waals surface area contributed by atoms with E-state index in [-0.39, 0.29) is 11.7 Å². The molecule has 3 rings (SSSR count). The molecule has 1 fully saturated rings. The molecule has 0 radical (unpaired) electrons. The van der Waals surface area contributed by atoms with Crippen molar-refractivity contribution in [3.8, 4) is 0 Å². The molecule has 1 aliphatic heterocycles. The maximum atomic E-state index is 13.2. The van der Waals surface area contributed by atoms with Gasteiger partial charge in [0.2, 0.25) is 0 Å². The number of hydrogen-bond acceptors (Lipinski definition) is 4. The van der Waals surface area contributed by atoms with Crippen LogP contribution in [0.15, 0.2) is 42.7 Å². The van der Waals surface area contributed by atoms with Crippen LogP contribution in [0.3, 0.4) is 0 Å². The molecule has 1 aliphatic rings. The molecule has 0 aliphatic carbocycles. The molecular formula is C20H25FN4O. The van der Waals surface area contributed by atoms with Gasteiger partial charge in [0.05, 0.1) is 18.0 Å². The summed E-state index contributed by atoms with van der Waals surface area (Å²) < 4.78 is 13.2. The number of carbonyl (C=O) groups is 1. The number of rotatable bonds is 6. The molecule has 0 spiro atoms. The van der Waals surface area contributed by atoms with Gasteiger partial charge in [0, 0.05) is 20.1 Å². The van der Waals surface area contributed by atoms with Crippen LogP contribution in [0.1, 0.15) is 28.8 Å². The first kappa shape index (κ1) is 18.5. The van der Waals surface area contributed by atoms with Gasteiger partial charge < -0.3 is 9.80 Å². The zero-order chi connectivity index (χ0) is 18.4. The molecular weight excluding hydrogens is 331 g/mol. The minimum absolute atomic E-state index is 0.00608. The lowest BCUT2D eigenvalue weighted by molar-refractivity contribution is 0.0739. The molecule has 1 amide bonds. The van der Waals surface area contributed by atoms with Gasteiger partial charge in [-0.25, -0.2) is 4.39 Å². The van der Waals surface area contributed by atoms with Gasteiger partial charge in [-0.05, 0) is 62.0 Å². The normalized spacial score (nSPS) is 15.8. The molecule has 5 nitrogen and oxygen atoms in total. The highest BCUT2D eigenvalue weighted by Gasteiger charge is 2.22. The van der Waals surface area contributed by atoms with Crippen molar-refractivity contribution in [1.29, 1.82) is 0 Å². The predicted molar refractivity (Wildman–Crippen MR) is 98.3 cm³/mol. The summed E-state index contributed by atoms with van der Waals surface area (Å²) in [6, 6.07) is 8.53. The second-order valence-corrected chi connectivity index (χ2v) is 6.98. The average Bonchev–Trinajstić information content (AvgIpc) is 2.67. The Labute approximate surface area is 153 Å². The van der Waals surface area contributed by atoms with Crippen molar-refractivity contribution in [2.24, 2.45) is 5.92 Å². The van der Waals surface area contributed by atoms with E-state index in [0.717, 1.165) is 51.0 Å². The van der Waals surface area contributed by atoms with Crippen molar-refractivity contribution in [3.05, 3.63) is 59.7 Å². The van der Waals surface area contributed by atoms with E-state index in [9.17, 15) is 9.18 Å². The number of likely N-dealkylation sites (tertiary alicyclic amines) is 1. The molecule has 26 heavy (non-hydrogen) atoms. The number of benzene rings is 1. The Kier molecular flexibility index (Phi) is 6.28. The van der Waals surface area contributed by atoms with Gasteiger partial charge in [-0.2, -0.15) is 10.2 Å². The summed E-state index contributed by atoms with van der Waals surface area (Å²) in [5, 5.41) is 7.48. The van der Waals surface area contributed by atoms with Crippen molar-refractivity contribution in [2.45, 2.75) is 19.3 Å². The highest BCUT2D eigenvalue weighted by Crippen LogP contribution is 2.19. The molecule has 0 unspecified atom stereocenters. The highest BCUT2D eigenvalue weighted by molar-refractivity contribution is 5.93. The van der Waals surface area contributed by atoms with E-state index in [4.69, 9.17) is 0 Å². The molecule has 0 saturated carbocycles. The zero-order valence-corrected chi connectivity index (χ0v) is 15.1. The number of aromatic nitrogens is 2. The van der Waals surface area contributed by atoms with Gasteiger partial charge in [-0.15, -0.1) is 0 Å². The lowest BCUT2D eigenvalue weighted by atomic mass is 9.95. The van der Waals surface area contributed by atoms with E-state index in [2.05, 4.69) is 15.1 Å². The zero-order valence-electron chi connectivity index (χ0n) is 15.1. The first-order chi connectivity index (χ1) is 12.6. The third kappa shape index (κ3) is 5.08. The Morgan fingerprint density at radius 3 is 2.77 bits per heavy atom. The van der Waals surface area contributed by atoms with Crippen LogP contribution in [0, 0.1) is 11.7 Å². The lowest BCUT2D eigenvalue weighted by Gasteiger charge is -2.34. The molecule has 0 N–H and O–H groups in total. The fraction of sp³-hybridized carbons (Fsp3) is 0.450. The van der Waals surface area contributed by atoms with E-state index in [1.54, 1.807) is 23.1 Å². The minimum atomic E-state index is -0.168. The summed E-state index contributed by atoms with van der Waals surface area (Å²) in [5.41, 5.74) is 1.62. The Bertz CT molecular complexity index is 717. The third-order valence-electron chi connectivity index (χ3n) is 5.02. The standard InChI is InChI=1S/C20H25FN4O/c1-24(20(26)18-5-9-22-23-14-18)15-17-7-11-25(12-8-17)10-6-16-3-2-4-19(21)13-16/h2-5,9,13-14,17H,6-8,10-12,15H2,1H3. The van der Waals surface area contributed by atoms with Crippen LogP contribution in [0.4, 0.5) is 4.39 Å². The van der Waals surface area contributed by atoms with Gasteiger partial charge in [-0.3, -0.25) is 4.79 Å². The molecule has 2 aromatic rings. The number of carbonyl (C=O) groups excluding carboxylic acids is 1. The van der Waals surface area contributed by atoms with Gasteiger partial charge in [0.15, 0.2) is 0 Å². The number of halogens is 1. The second-order valence-electron chi connectivity index (χ2n) is 6.98. The van der Waals surface area contributed by atoms with Crippen molar-refractivity contribution in [2.75, 3.05) is 33.2 Å². The summed E-state index contributed by atoms with van der Waals surface area (Å²) in [5.74, 6) is 0.343. The summed E-state index contributed by atoms with van der Waals surface area (Å²) in [4.78, 5) is 16.6. The Hall–Kier alpha value is -2.34. The van der Waals surface area contributed by atoms with Crippen LogP contribution >= 0.6 is 0 Å². The molecule has 1 aromatic heterocycles. The van der Waals surface area contributed by atoms with Crippen molar-refractivity contribution < 1.29 is 9.18 Å². The third-order valence-corrected chi connectivity index (χ3v) is 5.02. The molecule has 0 atom stereocenters. The van der Waals surface area contributed by atoms with Crippen LogP contribution in [0.5, 0.6) is 0 Å². The fourth-order valence-corrected chi connectivity index (χ4v) is 3.48. The summed E-state index contributed by atoms with van der Waals surface area (Å²) >= 11 is 0. The maximum absolute atomic E-state index is 13.2. The van der Waals surface area contributed by atoms with E-state index in [1.807, 2.05) is 13.1 Å². The molecule has 1 saturated heterocycles. The molecule has 0 bridgehead atoms. The van der Waals surface area contributed by atoms with Gasteiger partial charge in [0.1, 0.15) is 5.82 Å². The van der Waals surface area contributed by atoms with Crippen molar-refractivity contribution in [1.82, 2.24) is 20.0 Å². The largest absolute Gasteiger partial charge is 0.341 e. The average molecular weight is 356 g/mol. The van der Waals surface area contributed by atoms with E-state index in [1.165, 1.54) is 18.5 Å². The van der Waals surface area contributed by atoms with E-state index in [0.29, 0.717) is 11.5 Å². The first-order valence-corrected chi connectivity index (χ1v) is 9.11. The van der Waals surface area contributed by atoms with Crippen LogP contribution in [0.25, 0.3) is 0 Å². The SMILES string of the molecule is CN(CC1CCN(CCc2cccc(F)c2)CC1)C(=O)c1ccnnc1. The molecule has 138 valence electrons. The van der Waals surface area contributed by atoms with Crippen molar-refractivity contribution >= 4 is 5.91 Å². The van der Waals surface area contributed by atoms with Crippen LogP contribution in [-0.4, -0.2) is 59.1 Å². The highest BCUT2D eigenvalue weighted by atomic mass is 19.1. The summed E-state index contributed by atoms with van der Waals surface area (Å²) in [6.07, 6.45) is 6.08. The molecule has 1 aromatic carbocycles. The number of nitrogens with zero attached hydrogens (tertiary/aromatic N) is 4. The van der Waals surface area contributed by atoms with Crippen LogP contribution in [0.2, 0.25) is 0 Å². The summed E-state index contributed by atoms with van der Waals surface area (Å²) in [6.45, 7) is 3.77. The number of amides is 1.